The monoisotopic (exact) mass is 352 g/mol. The molecule has 3 atom stereocenters. The van der Waals surface area contributed by atoms with Gasteiger partial charge in [0.1, 0.15) is 6.04 Å². The normalized spacial score (nSPS) is 21.4. The maximum Gasteiger partial charge on any atom is 0.244 e. The first-order valence-corrected chi connectivity index (χ1v) is 9.38. The molecule has 0 spiro atoms. The largest absolute Gasteiger partial charge is 0.391 e. The van der Waals surface area contributed by atoms with E-state index in [2.05, 4.69) is 31.3 Å². The lowest BCUT2D eigenvalue weighted by atomic mass is 10.0. The summed E-state index contributed by atoms with van der Waals surface area (Å²) in [5, 5.41) is 14.0. The van der Waals surface area contributed by atoms with E-state index in [4.69, 9.17) is 0 Å². The van der Waals surface area contributed by atoms with Gasteiger partial charge in [-0.3, -0.25) is 10.1 Å². The summed E-state index contributed by atoms with van der Waals surface area (Å²) in [6.07, 6.45) is 0.583. The van der Waals surface area contributed by atoms with Gasteiger partial charge in [-0.1, -0.05) is 74.5 Å². The molecule has 2 N–H and O–H groups in total. The van der Waals surface area contributed by atoms with Gasteiger partial charge in [0.25, 0.3) is 0 Å². The summed E-state index contributed by atoms with van der Waals surface area (Å²) in [6.45, 7) is 4.76. The van der Waals surface area contributed by atoms with Gasteiger partial charge in [-0.25, -0.2) is 0 Å². The fraction of sp³-hybridized carbons (Fsp3) is 0.409. The van der Waals surface area contributed by atoms with Crippen LogP contribution < -0.4 is 5.32 Å². The second-order valence-electron chi connectivity index (χ2n) is 7.38. The van der Waals surface area contributed by atoms with Gasteiger partial charge in [0.05, 0.1) is 12.3 Å². The summed E-state index contributed by atoms with van der Waals surface area (Å²) in [6, 6.07) is 19.6. The lowest BCUT2D eigenvalue weighted by Crippen LogP contribution is -2.43. The van der Waals surface area contributed by atoms with E-state index in [0.717, 1.165) is 12.0 Å². The SMILES string of the molecule is CC(C)C1N[C@@H]([C@H](O)CCc2ccccc2)C(=O)N1Cc1ccccc1. The molecule has 0 saturated carbocycles. The third-order valence-electron chi connectivity index (χ3n) is 5.02. The number of benzene rings is 2. The van der Waals surface area contributed by atoms with E-state index in [-0.39, 0.29) is 18.0 Å². The van der Waals surface area contributed by atoms with Gasteiger partial charge < -0.3 is 10.0 Å². The van der Waals surface area contributed by atoms with Crippen LogP contribution in [0.25, 0.3) is 0 Å². The highest BCUT2D eigenvalue weighted by Crippen LogP contribution is 2.23. The van der Waals surface area contributed by atoms with Crippen LogP contribution in [-0.2, 0) is 17.8 Å². The van der Waals surface area contributed by atoms with Crippen LogP contribution in [0, 0.1) is 5.92 Å². The zero-order chi connectivity index (χ0) is 18.5. The van der Waals surface area contributed by atoms with E-state index in [1.807, 2.05) is 53.4 Å². The molecule has 0 aromatic heterocycles. The van der Waals surface area contributed by atoms with Crippen molar-refractivity contribution in [1.82, 2.24) is 10.2 Å². The second-order valence-corrected chi connectivity index (χ2v) is 7.38. The van der Waals surface area contributed by atoms with Crippen molar-refractivity contribution in [2.24, 2.45) is 5.92 Å². The van der Waals surface area contributed by atoms with Crippen molar-refractivity contribution in [3.63, 3.8) is 0 Å². The van der Waals surface area contributed by atoms with Crippen molar-refractivity contribution in [3.05, 3.63) is 71.8 Å². The van der Waals surface area contributed by atoms with E-state index in [1.165, 1.54) is 5.56 Å². The smallest absolute Gasteiger partial charge is 0.244 e. The van der Waals surface area contributed by atoms with Gasteiger partial charge in [0.15, 0.2) is 0 Å². The highest BCUT2D eigenvalue weighted by molar-refractivity contribution is 5.85. The number of aliphatic hydroxyl groups is 1. The molecule has 1 fully saturated rings. The first kappa shape index (κ1) is 18.6. The second kappa shape index (κ2) is 8.47. The molecule has 1 heterocycles. The van der Waals surface area contributed by atoms with Gasteiger partial charge >= 0.3 is 0 Å². The zero-order valence-corrected chi connectivity index (χ0v) is 15.5. The molecule has 26 heavy (non-hydrogen) atoms. The van der Waals surface area contributed by atoms with Gasteiger partial charge in [0.2, 0.25) is 5.91 Å². The number of carbonyl (C=O) groups is 1. The average molecular weight is 352 g/mol. The summed E-state index contributed by atoms with van der Waals surface area (Å²) in [5.74, 6) is 0.266. The van der Waals surface area contributed by atoms with Crippen LogP contribution in [0.3, 0.4) is 0 Å². The summed E-state index contributed by atoms with van der Waals surface area (Å²) in [4.78, 5) is 14.9. The van der Waals surface area contributed by atoms with Crippen LogP contribution in [0.2, 0.25) is 0 Å². The molecule has 0 radical (unpaired) electrons. The Morgan fingerprint density at radius 3 is 2.15 bits per heavy atom. The number of hydrogen-bond acceptors (Lipinski definition) is 3. The summed E-state index contributed by atoms with van der Waals surface area (Å²) >= 11 is 0. The molecule has 1 aliphatic rings. The predicted molar refractivity (Wildman–Crippen MR) is 103 cm³/mol. The summed E-state index contributed by atoms with van der Waals surface area (Å²) in [7, 11) is 0. The highest BCUT2D eigenvalue weighted by Gasteiger charge is 2.43. The Balaban J connectivity index is 1.67. The molecule has 0 aliphatic carbocycles. The maximum atomic E-state index is 13.0. The molecular formula is C22H28N2O2. The molecule has 3 rings (SSSR count). The Hall–Kier alpha value is -2.17. The van der Waals surface area contributed by atoms with E-state index in [9.17, 15) is 9.90 Å². The lowest BCUT2D eigenvalue weighted by molar-refractivity contribution is -0.133. The number of nitrogens with zero attached hydrogens (tertiary/aromatic N) is 1. The first-order valence-electron chi connectivity index (χ1n) is 9.38. The lowest BCUT2D eigenvalue weighted by Gasteiger charge is -2.27. The highest BCUT2D eigenvalue weighted by atomic mass is 16.3. The van der Waals surface area contributed by atoms with Gasteiger partial charge in [-0.15, -0.1) is 0 Å². The Labute approximate surface area is 155 Å². The Morgan fingerprint density at radius 1 is 1.00 bits per heavy atom. The number of nitrogens with one attached hydrogen (secondary N) is 1. The van der Waals surface area contributed by atoms with Crippen molar-refractivity contribution >= 4 is 5.91 Å². The Kier molecular flexibility index (Phi) is 6.07. The van der Waals surface area contributed by atoms with Crippen LogP contribution >= 0.6 is 0 Å². The zero-order valence-electron chi connectivity index (χ0n) is 15.5. The maximum absolute atomic E-state index is 13.0. The fourth-order valence-corrected chi connectivity index (χ4v) is 3.57. The first-order chi connectivity index (χ1) is 12.6. The molecule has 138 valence electrons. The number of rotatable bonds is 7. The van der Waals surface area contributed by atoms with Gasteiger partial charge in [-0.2, -0.15) is 0 Å². The molecule has 4 nitrogen and oxygen atoms in total. The van der Waals surface area contributed by atoms with Crippen molar-refractivity contribution in [3.8, 4) is 0 Å². The number of hydrogen-bond donors (Lipinski definition) is 2. The number of aliphatic hydroxyl groups excluding tert-OH is 1. The van der Waals surface area contributed by atoms with E-state index in [0.29, 0.717) is 13.0 Å². The van der Waals surface area contributed by atoms with Crippen molar-refractivity contribution in [1.29, 1.82) is 0 Å². The van der Waals surface area contributed by atoms with Crippen molar-refractivity contribution < 1.29 is 9.90 Å². The quantitative estimate of drug-likeness (QED) is 0.805. The predicted octanol–water partition coefficient (Wildman–Crippen LogP) is 2.96. The Bertz CT molecular complexity index is 703. The molecule has 1 amide bonds. The van der Waals surface area contributed by atoms with Crippen molar-refractivity contribution in [2.75, 3.05) is 0 Å². The molecular weight excluding hydrogens is 324 g/mol. The number of carbonyl (C=O) groups excluding carboxylic acids is 1. The van der Waals surface area contributed by atoms with Crippen LogP contribution in [0.15, 0.2) is 60.7 Å². The third kappa shape index (κ3) is 4.32. The van der Waals surface area contributed by atoms with E-state index in [1.54, 1.807) is 0 Å². The van der Waals surface area contributed by atoms with Crippen LogP contribution in [0.1, 0.15) is 31.4 Å². The number of aryl methyl sites for hydroxylation is 1. The minimum absolute atomic E-state index is 0.00638. The van der Waals surface area contributed by atoms with Crippen molar-refractivity contribution in [2.45, 2.75) is 51.5 Å². The molecule has 0 bridgehead atoms. The topological polar surface area (TPSA) is 52.6 Å². The Morgan fingerprint density at radius 2 is 1.58 bits per heavy atom. The third-order valence-corrected chi connectivity index (χ3v) is 5.02. The number of amides is 1. The molecule has 2 aromatic carbocycles. The molecule has 2 aromatic rings. The minimum Gasteiger partial charge on any atom is -0.391 e. The molecule has 1 unspecified atom stereocenters. The fourth-order valence-electron chi connectivity index (χ4n) is 3.57. The molecule has 1 saturated heterocycles. The average Bonchev–Trinajstić information content (AvgIpc) is 2.98. The van der Waals surface area contributed by atoms with Gasteiger partial charge in [-0.05, 0) is 29.9 Å². The van der Waals surface area contributed by atoms with Crippen LogP contribution in [0.5, 0.6) is 0 Å². The molecule has 4 heteroatoms. The van der Waals surface area contributed by atoms with Crippen LogP contribution in [0.4, 0.5) is 0 Å². The van der Waals surface area contributed by atoms with Crippen LogP contribution in [-0.4, -0.2) is 34.2 Å². The summed E-state index contributed by atoms with van der Waals surface area (Å²) < 4.78 is 0. The van der Waals surface area contributed by atoms with Gasteiger partial charge in [0, 0.05) is 6.54 Å². The molecule has 1 aliphatic heterocycles. The van der Waals surface area contributed by atoms with E-state index >= 15 is 0 Å². The minimum atomic E-state index is -0.690. The van der Waals surface area contributed by atoms with E-state index < -0.39 is 12.1 Å². The summed E-state index contributed by atoms with van der Waals surface area (Å²) in [5.41, 5.74) is 2.28. The standard InChI is InChI=1S/C22H28N2O2/c1-16(2)21-23-20(19(25)14-13-17-9-5-3-6-10-17)22(26)24(21)15-18-11-7-4-8-12-18/h3-12,16,19-21,23,25H,13-15H2,1-2H3/t19-,20+,21?/m1/s1.